The van der Waals surface area contributed by atoms with Crippen LogP contribution in [0, 0.1) is 12.8 Å². The number of benzene rings is 2. The fourth-order valence-corrected chi connectivity index (χ4v) is 4.01. The van der Waals surface area contributed by atoms with Gasteiger partial charge in [-0.25, -0.2) is 13.1 Å². The molecule has 0 bridgehead atoms. The summed E-state index contributed by atoms with van der Waals surface area (Å²) in [6, 6.07) is 14.1. The van der Waals surface area contributed by atoms with Gasteiger partial charge < -0.3 is 4.90 Å². The number of sulfonamides is 1. The van der Waals surface area contributed by atoms with Crippen LogP contribution in [0.2, 0.25) is 0 Å². The second kappa shape index (κ2) is 8.47. The molecule has 140 valence electrons. The quantitative estimate of drug-likeness (QED) is 0.809. The summed E-state index contributed by atoms with van der Waals surface area (Å²) < 4.78 is 28.0. The summed E-state index contributed by atoms with van der Waals surface area (Å²) >= 11 is 0. The molecule has 6 heteroatoms. The Balaban J connectivity index is 2.24. The molecule has 0 saturated carbocycles. The van der Waals surface area contributed by atoms with Gasteiger partial charge in [-0.3, -0.25) is 4.79 Å². The number of nitrogens with zero attached hydrogens (tertiary/aromatic N) is 1. The molecule has 0 radical (unpaired) electrons. The van der Waals surface area contributed by atoms with Crippen LogP contribution >= 0.6 is 0 Å². The molecule has 2 rings (SSSR count). The maximum atomic E-state index is 12.7. The van der Waals surface area contributed by atoms with Gasteiger partial charge >= 0.3 is 0 Å². The van der Waals surface area contributed by atoms with Crippen LogP contribution in [0.15, 0.2) is 53.4 Å². The zero-order chi connectivity index (χ0) is 19.3. The largest absolute Gasteiger partial charge is 0.341 e. The van der Waals surface area contributed by atoms with Gasteiger partial charge in [0.05, 0.1) is 4.90 Å². The van der Waals surface area contributed by atoms with Crippen LogP contribution < -0.4 is 4.72 Å². The Bertz CT molecular complexity index is 862. The van der Waals surface area contributed by atoms with Crippen molar-refractivity contribution in [2.45, 2.75) is 32.2 Å². The molecule has 2 aromatic rings. The van der Waals surface area contributed by atoms with Crippen LogP contribution in [0.5, 0.6) is 0 Å². The molecular weight excluding hydrogens is 348 g/mol. The Hall–Kier alpha value is -2.18. The number of nitrogens with one attached hydrogen (secondary N) is 1. The van der Waals surface area contributed by atoms with Crippen molar-refractivity contribution < 1.29 is 13.2 Å². The highest BCUT2D eigenvalue weighted by Crippen LogP contribution is 2.19. The van der Waals surface area contributed by atoms with Gasteiger partial charge in [-0.2, -0.15) is 0 Å². The SMILES string of the molecule is Cc1ccc(C(=O)N(C)CC(C)C)cc1S(=O)(=O)NCc1ccccc1. The summed E-state index contributed by atoms with van der Waals surface area (Å²) in [4.78, 5) is 14.3. The molecule has 2 aromatic carbocycles. The van der Waals surface area contributed by atoms with Crippen molar-refractivity contribution in [1.82, 2.24) is 9.62 Å². The molecule has 0 spiro atoms. The zero-order valence-electron chi connectivity index (χ0n) is 15.7. The number of amides is 1. The predicted octanol–water partition coefficient (Wildman–Crippen LogP) is 3.20. The van der Waals surface area contributed by atoms with E-state index in [0.717, 1.165) is 5.56 Å². The Morgan fingerprint density at radius 2 is 1.77 bits per heavy atom. The number of hydrogen-bond donors (Lipinski definition) is 1. The molecule has 0 aliphatic rings. The summed E-state index contributed by atoms with van der Waals surface area (Å²) in [6.45, 7) is 6.60. The topological polar surface area (TPSA) is 66.5 Å². The van der Waals surface area contributed by atoms with Crippen molar-refractivity contribution in [2.75, 3.05) is 13.6 Å². The molecule has 5 nitrogen and oxygen atoms in total. The fraction of sp³-hybridized carbons (Fsp3) is 0.350. The van der Waals surface area contributed by atoms with Crippen molar-refractivity contribution in [3.63, 3.8) is 0 Å². The van der Waals surface area contributed by atoms with Crippen molar-refractivity contribution in [3.8, 4) is 0 Å². The van der Waals surface area contributed by atoms with Crippen LogP contribution in [0.1, 0.15) is 35.3 Å². The first-order valence-corrected chi connectivity index (χ1v) is 10.1. The van der Waals surface area contributed by atoms with E-state index in [1.54, 1.807) is 31.0 Å². The average Bonchev–Trinajstić information content (AvgIpc) is 2.60. The number of carbonyl (C=O) groups excluding carboxylic acids is 1. The minimum Gasteiger partial charge on any atom is -0.341 e. The fourth-order valence-electron chi connectivity index (χ4n) is 2.73. The molecule has 0 aliphatic heterocycles. The van der Waals surface area contributed by atoms with E-state index in [0.29, 0.717) is 23.6 Å². The van der Waals surface area contributed by atoms with E-state index in [-0.39, 0.29) is 17.3 Å². The third-order valence-electron chi connectivity index (χ3n) is 4.02. The van der Waals surface area contributed by atoms with Gasteiger partial charge in [0, 0.05) is 25.7 Å². The number of rotatable bonds is 7. The maximum Gasteiger partial charge on any atom is 0.253 e. The van der Waals surface area contributed by atoms with E-state index in [4.69, 9.17) is 0 Å². The van der Waals surface area contributed by atoms with Gasteiger partial charge in [0.25, 0.3) is 5.91 Å². The average molecular weight is 375 g/mol. The molecule has 0 saturated heterocycles. The molecule has 0 heterocycles. The van der Waals surface area contributed by atoms with E-state index in [1.165, 1.54) is 6.07 Å². The molecule has 1 amide bonds. The first-order chi connectivity index (χ1) is 12.2. The number of hydrogen-bond acceptors (Lipinski definition) is 3. The summed E-state index contributed by atoms with van der Waals surface area (Å²) in [6.07, 6.45) is 0. The lowest BCUT2D eigenvalue weighted by Crippen LogP contribution is -2.30. The Kier molecular flexibility index (Phi) is 6.56. The van der Waals surface area contributed by atoms with E-state index in [2.05, 4.69) is 4.72 Å². The minimum absolute atomic E-state index is 0.136. The Morgan fingerprint density at radius 3 is 2.38 bits per heavy atom. The monoisotopic (exact) mass is 374 g/mol. The van der Waals surface area contributed by atoms with Crippen LogP contribution in [-0.4, -0.2) is 32.8 Å². The lowest BCUT2D eigenvalue weighted by Gasteiger charge is -2.20. The van der Waals surface area contributed by atoms with E-state index < -0.39 is 10.0 Å². The molecule has 26 heavy (non-hydrogen) atoms. The van der Waals surface area contributed by atoms with Crippen molar-refractivity contribution >= 4 is 15.9 Å². The maximum absolute atomic E-state index is 12.7. The van der Waals surface area contributed by atoms with Gasteiger partial charge in [0.2, 0.25) is 10.0 Å². The van der Waals surface area contributed by atoms with Crippen molar-refractivity contribution in [2.24, 2.45) is 5.92 Å². The highest BCUT2D eigenvalue weighted by atomic mass is 32.2. The first-order valence-electron chi connectivity index (χ1n) is 8.60. The third-order valence-corrected chi connectivity index (χ3v) is 5.56. The van der Waals surface area contributed by atoms with Gasteiger partial charge in [-0.05, 0) is 36.1 Å². The van der Waals surface area contributed by atoms with E-state index >= 15 is 0 Å². The molecule has 0 atom stereocenters. The predicted molar refractivity (Wildman–Crippen MR) is 103 cm³/mol. The van der Waals surface area contributed by atoms with Gasteiger partial charge in [-0.1, -0.05) is 50.2 Å². The van der Waals surface area contributed by atoms with Gasteiger partial charge in [-0.15, -0.1) is 0 Å². The molecule has 1 N–H and O–H groups in total. The van der Waals surface area contributed by atoms with E-state index in [9.17, 15) is 13.2 Å². The van der Waals surface area contributed by atoms with Crippen LogP contribution in [-0.2, 0) is 16.6 Å². The number of carbonyl (C=O) groups is 1. The Morgan fingerprint density at radius 1 is 1.12 bits per heavy atom. The van der Waals surface area contributed by atoms with Crippen molar-refractivity contribution in [1.29, 1.82) is 0 Å². The number of aryl methyl sites for hydroxylation is 1. The standard InChI is InChI=1S/C20H26N2O3S/c1-15(2)14-22(4)20(23)18-11-10-16(3)19(12-18)26(24,25)21-13-17-8-6-5-7-9-17/h5-12,15,21H,13-14H2,1-4H3. The summed E-state index contributed by atoms with van der Waals surface area (Å²) in [5, 5.41) is 0. The summed E-state index contributed by atoms with van der Waals surface area (Å²) in [5.41, 5.74) is 1.85. The highest BCUT2D eigenvalue weighted by molar-refractivity contribution is 7.89. The molecule has 0 aliphatic carbocycles. The van der Waals surface area contributed by atoms with E-state index in [1.807, 2.05) is 44.2 Å². The smallest absolute Gasteiger partial charge is 0.253 e. The Labute approximate surface area is 156 Å². The molecule has 0 fully saturated rings. The van der Waals surface area contributed by atoms with Crippen molar-refractivity contribution in [3.05, 3.63) is 65.2 Å². The highest BCUT2D eigenvalue weighted by Gasteiger charge is 2.20. The second-order valence-corrected chi connectivity index (χ2v) is 8.61. The molecule has 0 aromatic heterocycles. The van der Waals surface area contributed by atoms with Gasteiger partial charge in [0.15, 0.2) is 0 Å². The van der Waals surface area contributed by atoms with Crippen LogP contribution in [0.3, 0.4) is 0 Å². The van der Waals surface area contributed by atoms with Gasteiger partial charge in [0.1, 0.15) is 0 Å². The minimum atomic E-state index is -3.71. The zero-order valence-corrected chi connectivity index (χ0v) is 16.5. The van der Waals surface area contributed by atoms with Crippen LogP contribution in [0.4, 0.5) is 0 Å². The summed E-state index contributed by atoms with van der Waals surface area (Å²) in [5.74, 6) is 0.156. The lowest BCUT2D eigenvalue weighted by molar-refractivity contribution is 0.0779. The summed E-state index contributed by atoms with van der Waals surface area (Å²) in [7, 11) is -1.99. The third kappa shape index (κ3) is 5.16. The molecular formula is C20H26N2O3S. The second-order valence-electron chi connectivity index (χ2n) is 6.87. The first kappa shape index (κ1) is 20.1. The normalized spacial score (nSPS) is 11.6. The van der Waals surface area contributed by atoms with Crippen LogP contribution in [0.25, 0.3) is 0 Å². The lowest BCUT2D eigenvalue weighted by atomic mass is 10.1. The molecule has 0 unspecified atom stereocenters.